The van der Waals surface area contributed by atoms with Crippen LogP contribution in [0.1, 0.15) is 5.69 Å². The molecule has 7 heteroatoms. The molecular weight excluding hydrogens is 339 g/mol. The van der Waals surface area contributed by atoms with E-state index in [1.165, 1.54) is 20.3 Å². The van der Waals surface area contributed by atoms with Gasteiger partial charge in [0.25, 0.3) is 0 Å². The smallest absolute Gasteiger partial charge is 0.230 e. The van der Waals surface area contributed by atoms with E-state index in [0.717, 1.165) is 0 Å². The minimum atomic E-state index is -0.412. The molecule has 0 saturated carbocycles. The van der Waals surface area contributed by atoms with Gasteiger partial charge in [0.15, 0.2) is 17.3 Å². The molecule has 0 bridgehead atoms. The van der Waals surface area contributed by atoms with E-state index in [0.29, 0.717) is 28.4 Å². The van der Waals surface area contributed by atoms with Crippen LogP contribution in [0, 0.1) is 5.82 Å². The lowest BCUT2D eigenvalue weighted by atomic mass is 10.1. The summed E-state index contributed by atoms with van der Waals surface area (Å²) in [7, 11) is 3.05. The van der Waals surface area contributed by atoms with Crippen LogP contribution in [-0.4, -0.2) is 25.3 Å². The van der Waals surface area contributed by atoms with Gasteiger partial charge in [-0.25, -0.2) is 4.39 Å². The number of anilines is 1. The minimum absolute atomic E-state index is 0.00764. The molecule has 1 heterocycles. The normalized spacial score (nSPS) is 10.4. The van der Waals surface area contributed by atoms with Crippen molar-refractivity contribution in [1.29, 1.82) is 0 Å². The van der Waals surface area contributed by atoms with Crippen molar-refractivity contribution in [3.63, 3.8) is 0 Å². The molecular formula is C19H17FN2O4. The van der Waals surface area contributed by atoms with Gasteiger partial charge in [-0.2, -0.15) is 0 Å². The number of nitrogens with one attached hydrogen (secondary N) is 1. The van der Waals surface area contributed by atoms with Crippen LogP contribution in [0.25, 0.3) is 11.3 Å². The first kappa shape index (κ1) is 17.5. The van der Waals surface area contributed by atoms with Crippen LogP contribution in [0.5, 0.6) is 11.5 Å². The zero-order chi connectivity index (χ0) is 18.5. The maximum Gasteiger partial charge on any atom is 0.230 e. The SMILES string of the molecule is COc1ccc(NC(=O)Cc2cc(-c3ccccc3F)on2)cc1OC. The average molecular weight is 356 g/mol. The average Bonchev–Trinajstić information content (AvgIpc) is 3.10. The van der Waals surface area contributed by atoms with Crippen molar-refractivity contribution in [3.8, 4) is 22.8 Å². The molecule has 2 aromatic carbocycles. The topological polar surface area (TPSA) is 73.6 Å². The predicted molar refractivity (Wildman–Crippen MR) is 93.8 cm³/mol. The summed E-state index contributed by atoms with van der Waals surface area (Å²) >= 11 is 0. The standard InChI is InChI=1S/C19H17FN2O4/c1-24-16-8-7-12(9-18(16)25-2)21-19(23)11-13-10-17(26-22-13)14-5-3-4-6-15(14)20/h3-10H,11H2,1-2H3,(H,21,23). The molecule has 0 aliphatic carbocycles. The van der Waals surface area contributed by atoms with E-state index in [9.17, 15) is 9.18 Å². The van der Waals surface area contributed by atoms with E-state index < -0.39 is 5.82 Å². The number of rotatable bonds is 6. The highest BCUT2D eigenvalue weighted by molar-refractivity contribution is 5.92. The lowest BCUT2D eigenvalue weighted by Crippen LogP contribution is -2.14. The summed E-state index contributed by atoms with van der Waals surface area (Å²) < 4.78 is 29.3. The number of aromatic nitrogens is 1. The van der Waals surface area contributed by atoms with Crippen LogP contribution in [-0.2, 0) is 11.2 Å². The van der Waals surface area contributed by atoms with Crippen LogP contribution in [0.15, 0.2) is 53.1 Å². The Bertz CT molecular complexity index is 923. The molecule has 0 radical (unpaired) electrons. The fraction of sp³-hybridized carbons (Fsp3) is 0.158. The summed E-state index contributed by atoms with van der Waals surface area (Å²) in [5.74, 6) is 0.651. The fourth-order valence-corrected chi connectivity index (χ4v) is 2.47. The van der Waals surface area contributed by atoms with Gasteiger partial charge in [-0.05, 0) is 24.3 Å². The molecule has 26 heavy (non-hydrogen) atoms. The third-order valence-electron chi connectivity index (χ3n) is 3.71. The second-order valence-corrected chi connectivity index (χ2v) is 5.46. The Morgan fingerprint density at radius 3 is 2.62 bits per heavy atom. The second-order valence-electron chi connectivity index (χ2n) is 5.46. The van der Waals surface area contributed by atoms with Crippen molar-refractivity contribution in [2.45, 2.75) is 6.42 Å². The molecule has 0 fully saturated rings. The third kappa shape index (κ3) is 3.83. The van der Waals surface area contributed by atoms with Crippen molar-refractivity contribution < 1.29 is 23.2 Å². The molecule has 3 aromatic rings. The Morgan fingerprint density at radius 2 is 1.88 bits per heavy atom. The number of methoxy groups -OCH3 is 2. The zero-order valence-electron chi connectivity index (χ0n) is 14.3. The quantitative estimate of drug-likeness (QED) is 0.729. The summed E-state index contributed by atoms with van der Waals surface area (Å²) in [5.41, 5.74) is 1.26. The van der Waals surface area contributed by atoms with Gasteiger partial charge in [0, 0.05) is 17.8 Å². The van der Waals surface area contributed by atoms with Gasteiger partial charge in [-0.3, -0.25) is 4.79 Å². The van der Waals surface area contributed by atoms with Gasteiger partial charge < -0.3 is 19.3 Å². The highest BCUT2D eigenvalue weighted by Gasteiger charge is 2.14. The molecule has 0 aliphatic rings. The Labute approximate surface area is 149 Å². The zero-order valence-corrected chi connectivity index (χ0v) is 14.3. The molecule has 1 amide bonds. The number of nitrogens with zero attached hydrogens (tertiary/aromatic N) is 1. The largest absolute Gasteiger partial charge is 0.493 e. The molecule has 0 saturated heterocycles. The summed E-state index contributed by atoms with van der Waals surface area (Å²) in [5, 5.41) is 6.58. The summed E-state index contributed by atoms with van der Waals surface area (Å²) in [4.78, 5) is 12.2. The molecule has 0 spiro atoms. The number of hydrogen-bond acceptors (Lipinski definition) is 5. The van der Waals surface area contributed by atoms with E-state index in [1.54, 1.807) is 42.5 Å². The Morgan fingerprint density at radius 1 is 1.12 bits per heavy atom. The van der Waals surface area contributed by atoms with E-state index in [2.05, 4.69) is 10.5 Å². The van der Waals surface area contributed by atoms with Gasteiger partial charge in [0.05, 0.1) is 31.9 Å². The van der Waals surface area contributed by atoms with E-state index >= 15 is 0 Å². The van der Waals surface area contributed by atoms with Crippen molar-refractivity contribution in [3.05, 3.63) is 60.0 Å². The molecule has 3 rings (SSSR count). The number of amides is 1. The molecule has 134 valence electrons. The lowest BCUT2D eigenvalue weighted by molar-refractivity contribution is -0.115. The van der Waals surface area contributed by atoms with Gasteiger partial charge in [-0.15, -0.1) is 0 Å². The summed E-state index contributed by atoms with van der Waals surface area (Å²) in [6.45, 7) is 0. The van der Waals surface area contributed by atoms with Crippen LogP contribution in [0.2, 0.25) is 0 Å². The van der Waals surface area contributed by atoms with Gasteiger partial charge in [-0.1, -0.05) is 17.3 Å². The first-order valence-electron chi connectivity index (χ1n) is 7.83. The fourth-order valence-electron chi connectivity index (χ4n) is 2.47. The lowest BCUT2D eigenvalue weighted by Gasteiger charge is -2.10. The van der Waals surface area contributed by atoms with Crippen molar-refractivity contribution in [2.75, 3.05) is 19.5 Å². The van der Waals surface area contributed by atoms with Crippen LogP contribution >= 0.6 is 0 Å². The van der Waals surface area contributed by atoms with Gasteiger partial charge in [0.2, 0.25) is 5.91 Å². The molecule has 1 N–H and O–H groups in total. The number of carbonyl (C=O) groups excluding carboxylic acids is 1. The third-order valence-corrected chi connectivity index (χ3v) is 3.71. The second kappa shape index (κ2) is 7.69. The van der Waals surface area contributed by atoms with Crippen molar-refractivity contribution >= 4 is 11.6 Å². The van der Waals surface area contributed by atoms with Crippen LogP contribution in [0.3, 0.4) is 0 Å². The van der Waals surface area contributed by atoms with E-state index in [1.807, 2.05) is 0 Å². The maximum atomic E-state index is 13.8. The Balaban J connectivity index is 1.68. The molecule has 0 atom stereocenters. The highest BCUT2D eigenvalue weighted by atomic mass is 19.1. The molecule has 6 nitrogen and oxygen atoms in total. The predicted octanol–water partition coefficient (Wildman–Crippen LogP) is 3.68. The number of benzene rings is 2. The van der Waals surface area contributed by atoms with Gasteiger partial charge in [0.1, 0.15) is 5.82 Å². The molecule has 0 unspecified atom stereocenters. The van der Waals surface area contributed by atoms with Gasteiger partial charge >= 0.3 is 0 Å². The summed E-state index contributed by atoms with van der Waals surface area (Å²) in [6.07, 6.45) is -0.00764. The number of ether oxygens (including phenoxy) is 2. The number of halogens is 1. The molecule has 1 aromatic heterocycles. The number of hydrogen-bond donors (Lipinski definition) is 1. The van der Waals surface area contributed by atoms with Crippen molar-refractivity contribution in [2.24, 2.45) is 0 Å². The first-order chi connectivity index (χ1) is 12.6. The monoisotopic (exact) mass is 356 g/mol. The number of carbonyl (C=O) groups is 1. The van der Waals surface area contributed by atoms with E-state index in [4.69, 9.17) is 14.0 Å². The van der Waals surface area contributed by atoms with Crippen LogP contribution < -0.4 is 14.8 Å². The highest BCUT2D eigenvalue weighted by Crippen LogP contribution is 2.30. The first-order valence-corrected chi connectivity index (χ1v) is 7.83. The van der Waals surface area contributed by atoms with Crippen LogP contribution in [0.4, 0.5) is 10.1 Å². The Hall–Kier alpha value is -3.35. The molecule has 0 aliphatic heterocycles. The maximum absolute atomic E-state index is 13.8. The minimum Gasteiger partial charge on any atom is -0.493 e. The van der Waals surface area contributed by atoms with Crippen molar-refractivity contribution in [1.82, 2.24) is 5.16 Å². The summed E-state index contributed by atoms with van der Waals surface area (Å²) in [6, 6.07) is 12.8. The Kier molecular flexibility index (Phi) is 5.17. The van der Waals surface area contributed by atoms with E-state index in [-0.39, 0.29) is 18.1 Å².